The molecule has 1 fully saturated rings. The monoisotopic (exact) mass is 280 g/mol. The summed E-state index contributed by atoms with van der Waals surface area (Å²) in [6, 6.07) is 5.79. The van der Waals surface area contributed by atoms with Crippen molar-refractivity contribution in [3.63, 3.8) is 0 Å². The number of anilines is 1. The molecule has 1 saturated carbocycles. The first-order valence-corrected chi connectivity index (χ1v) is 7.08. The van der Waals surface area contributed by atoms with Crippen LogP contribution in [0.15, 0.2) is 24.3 Å². The maximum Gasteiger partial charge on any atom is 0.250 e. The molecule has 4 nitrogen and oxygen atoms in total. The lowest BCUT2D eigenvalue weighted by Crippen LogP contribution is -2.37. The number of nitrogens with two attached hydrogens (primary N) is 1. The van der Waals surface area contributed by atoms with E-state index in [0.717, 1.165) is 25.7 Å². The zero-order valence-electron chi connectivity index (χ0n) is 11.5. The average Bonchev–Trinajstić information content (AvgIpc) is 2.61. The van der Waals surface area contributed by atoms with Crippen molar-refractivity contribution in [2.24, 2.45) is 5.73 Å². The van der Waals surface area contributed by atoms with E-state index >= 15 is 0 Å². The van der Waals surface area contributed by atoms with Crippen LogP contribution in [-0.4, -0.2) is 24.7 Å². The third-order valence-electron chi connectivity index (χ3n) is 3.54. The van der Waals surface area contributed by atoms with Crippen LogP contribution in [0, 0.1) is 5.82 Å². The highest BCUT2D eigenvalue weighted by molar-refractivity contribution is 5.91. The van der Waals surface area contributed by atoms with Crippen LogP contribution in [0.4, 0.5) is 10.1 Å². The van der Waals surface area contributed by atoms with Crippen LogP contribution in [0.1, 0.15) is 32.1 Å². The summed E-state index contributed by atoms with van der Waals surface area (Å²) in [5.41, 5.74) is 6.47. The molecule has 5 heteroatoms. The summed E-state index contributed by atoms with van der Waals surface area (Å²) in [5, 5.41) is 2.61. The van der Waals surface area contributed by atoms with E-state index in [1.54, 1.807) is 12.1 Å². The van der Waals surface area contributed by atoms with E-state index in [0.29, 0.717) is 5.69 Å². The third kappa shape index (κ3) is 4.58. The average molecular weight is 280 g/mol. The molecule has 110 valence electrons. The van der Waals surface area contributed by atoms with Crippen LogP contribution in [0.3, 0.4) is 0 Å². The molecule has 0 heterocycles. The summed E-state index contributed by atoms with van der Waals surface area (Å²) in [6.45, 7) is -0.0467. The van der Waals surface area contributed by atoms with E-state index < -0.39 is 0 Å². The number of benzene rings is 1. The molecule has 1 aliphatic rings. The largest absolute Gasteiger partial charge is 0.367 e. The molecular weight excluding hydrogens is 259 g/mol. The highest BCUT2D eigenvalue weighted by Crippen LogP contribution is 2.19. The van der Waals surface area contributed by atoms with Crippen molar-refractivity contribution in [3.8, 4) is 0 Å². The molecule has 20 heavy (non-hydrogen) atoms. The minimum atomic E-state index is -0.380. The van der Waals surface area contributed by atoms with Gasteiger partial charge in [-0.3, -0.25) is 4.79 Å². The van der Waals surface area contributed by atoms with E-state index in [1.165, 1.54) is 18.6 Å². The maximum absolute atomic E-state index is 13.0. The molecule has 1 amide bonds. The predicted molar refractivity (Wildman–Crippen MR) is 75.8 cm³/mol. The molecule has 2 rings (SSSR count). The molecule has 0 aliphatic heterocycles. The van der Waals surface area contributed by atoms with Gasteiger partial charge in [-0.25, -0.2) is 4.39 Å². The van der Waals surface area contributed by atoms with Gasteiger partial charge in [-0.2, -0.15) is 0 Å². The number of halogens is 1. The second kappa shape index (κ2) is 7.36. The third-order valence-corrected chi connectivity index (χ3v) is 3.54. The van der Waals surface area contributed by atoms with Crippen LogP contribution in [-0.2, 0) is 9.53 Å². The molecule has 2 atom stereocenters. The van der Waals surface area contributed by atoms with Crippen molar-refractivity contribution in [1.82, 2.24) is 0 Å². The maximum atomic E-state index is 13.0. The van der Waals surface area contributed by atoms with E-state index in [4.69, 9.17) is 10.5 Å². The molecular formula is C15H21FN2O2. The fourth-order valence-electron chi connectivity index (χ4n) is 2.46. The Morgan fingerprint density at radius 1 is 1.35 bits per heavy atom. The number of carbonyl (C=O) groups is 1. The van der Waals surface area contributed by atoms with Gasteiger partial charge in [0.15, 0.2) is 0 Å². The number of amides is 1. The number of hydrogen-bond donors (Lipinski definition) is 2. The molecule has 1 aromatic carbocycles. The number of ether oxygens (including phenoxy) is 1. The smallest absolute Gasteiger partial charge is 0.250 e. The van der Waals surface area contributed by atoms with Crippen molar-refractivity contribution in [3.05, 3.63) is 30.1 Å². The Bertz CT molecular complexity index is 453. The summed E-state index contributed by atoms with van der Waals surface area (Å²) in [5.74, 6) is -0.665. The predicted octanol–water partition coefficient (Wildman–Crippen LogP) is 2.44. The molecule has 0 saturated heterocycles. The first-order valence-electron chi connectivity index (χ1n) is 7.08. The fraction of sp³-hybridized carbons (Fsp3) is 0.533. The van der Waals surface area contributed by atoms with Gasteiger partial charge < -0.3 is 15.8 Å². The van der Waals surface area contributed by atoms with Gasteiger partial charge >= 0.3 is 0 Å². The number of carbonyl (C=O) groups excluding carboxylic acids is 1. The summed E-state index contributed by atoms with van der Waals surface area (Å²) in [6.07, 6.45) is 5.16. The summed E-state index contributed by atoms with van der Waals surface area (Å²) >= 11 is 0. The Morgan fingerprint density at radius 2 is 2.15 bits per heavy atom. The van der Waals surface area contributed by atoms with Gasteiger partial charge in [0, 0.05) is 11.7 Å². The molecule has 2 unspecified atom stereocenters. The van der Waals surface area contributed by atoms with Crippen molar-refractivity contribution in [2.45, 2.75) is 44.2 Å². The van der Waals surface area contributed by atoms with Crippen molar-refractivity contribution >= 4 is 11.6 Å². The lowest BCUT2D eigenvalue weighted by Gasteiger charge is -2.21. The lowest BCUT2D eigenvalue weighted by atomic mass is 10.1. The SMILES string of the molecule is NC1CCCCCC1OCC(=O)Nc1cccc(F)c1. The van der Waals surface area contributed by atoms with E-state index in [9.17, 15) is 9.18 Å². The number of hydrogen-bond acceptors (Lipinski definition) is 3. The van der Waals surface area contributed by atoms with Gasteiger partial charge in [0.2, 0.25) is 5.91 Å². The molecule has 3 N–H and O–H groups in total. The van der Waals surface area contributed by atoms with Gasteiger partial charge in [0.1, 0.15) is 12.4 Å². The van der Waals surface area contributed by atoms with E-state index in [1.807, 2.05) is 0 Å². The molecule has 0 spiro atoms. The number of nitrogens with one attached hydrogen (secondary N) is 1. The molecule has 1 aliphatic carbocycles. The Morgan fingerprint density at radius 3 is 2.95 bits per heavy atom. The Balaban J connectivity index is 1.79. The van der Waals surface area contributed by atoms with E-state index in [-0.39, 0.29) is 30.5 Å². The van der Waals surface area contributed by atoms with Gasteiger partial charge in [-0.15, -0.1) is 0 Å². The van der Waals surface area contributed by atoms with Crippen LogP contribution in [0.2, 0.25) is 0 Å². The minimum Gasteiger partial charge on any atom is -0.367 e. The fourth-order valence-corrected chi connectivity index (χ4v) is 2.46. The molecule has 0 bridgehead atoms. The van der Waals surface area contributed by atoms with Crippen molar-refractivity contribution < 1.29 is 13.9 Å². The molecule has 0 aromatic heterocycles. The van der Waals surface area contributed by atoms with Crippen LogP contribution < -0.4 is 11.1 Å². The van der Waals surface area contributed by atoms with Crippen LogP contribution >= 0.6 is 0 Å². The van der Waals surface area contributed by atoms with Crippen LogP contribution in [0.25, 0.3) is 0 Å². The van der Waals surface area contributed by atoms with Crippen LogP contribution in [0.5, 0.6) is 0 Å². The quantitative estimate of drug-likeness (QED) is 0.833. The summed E-state index contributed by atoms with van der Waals surface area (Å²) in [7, 11) is 0. The Hall–Kier alpha value is -1.46. The zero-order valence-corrected chi connectivity index (χ0v) is 11.5. The standard InChI is InChI=1S/C15H21FN2O2/c16-11-5-4-6-12(9-11)18-15(19)10-20-14-8-3-1-2-7-13(14)17/h4-6,9,13-14H,1-3,7-8,10,17H2,(H,18,19). The minimum absolute atomic E-state index is 0.000491. The van der Waals surface area contributed by atoms with Crippen molar-refractivity contribution in [2.75, 3.05) is 11.9 Å². The Labute approximate surface area is 118 Å². The van der Waals surface area contributed by atoms with Gasteiger partial charge in [-0.05, 0) is 31.0 Å². The van der Waals surface area contributed by atoms with Crippen molar-refractivity contribution in [1.29, 1.82) is 0 Å². The normalized spacial score (nSPS) is 23.1. The topological polar surface area (TPSA) is 64.3 Å². The zero-order chi connectivity index (χ0) is 14.4. The second-order valence-electron chi connectivity index (χ2n) is 5.21. The summed E-state index contributed by atoms with van der Waals surface area (Å²) < 4.78 is 18.6. The first-order chi connectivity index (χ1) is 9.65. The highest BCUT2D eigenvalue weighted by Gasteiger charge is 2.21. The highest BCUT2D eigenvalue weighted by atomic mass is 19.1. The molecule has 1 aromatic rings. The van der Waals surface area contributed by atoms with Gasteiger partial charge in [0.05, 0.1) is 6.10 Å². The van der Waals surface area contributed by atoms with Gasteiger partial charge in [0.25, 0.3) is 0 Å². The first kappa shape index (κ1) is 14.9. The van der Waals surface area contributed by atoms with Gasteiger partial charge in [-0.1, -0.05) is 25.3 Å². The number of rotatable bonds is 4. The summed E-state index contributed by atoms with van der Waals surface area (Å²) in [4.78, 5) is 11.8. The Kier molecular flexibility index (Phi) is 5.49. The molecule has 0 radical (unpaired) electrons. The van der Waals surface area contributed by atoms with E-state index in [2.05, 4.69) is 5.32 Å². The second-order valence-corrected chi connectivity index (χ2v) is 5.21. The lowest BCUT2D eigenvalue weighted by molar-refractivity contribution is -0.123.